The van der Waals surface area contributed by atoms with E-state index < -0.39 is 5.97 Å². The molecule has 0 saturated heterocycles. The number of hydrogen-bond acceptors (Lipinski definition) is 1. The van der Waals surface area contributed by atoms with Crippen LogP contribution in [0.4, 0.5) is 0 Å². The summed E-state index contributed by atoms with van der Waals surface area (Å²) >= 11 is 0. The number of carboxylic acids is 1. The van der Waals surface area contributed by atoms with Crippen LogP contribution in [0.3, 0.4) is 0 Å². The van der Waals surface area contributed by atoms with Crippen LogP contribution in [0.5, 0.6) is 0 Å². The van der Waals surface area contributed by atoms with Gasteiger partial charge in [0.1, 0.15) is 0 Å². The predicted octanol–water partition coefficient (Wildman–Crippen LogP) is 6.65. The highest BCUT2D eigenvalue weighted by Gasteiger charge is 1.93. The molecule has 0 amide bonds. The first-order valence-corrected chi connectivity index (χ1v) is 9.41. The fourth-order valence-electron chi connectivity index (χ4n) is 2.65. The zero-order valence-electron chi connectivity index (χ0n) is 14.6. The molecule has 0 rings (SSSR count). The molecule has 0 unspecified atom stereocenters. The van der Waals surface area contributed by atoms with Crippen molar-refractivity contribution in [2.24, 2.45) is 0 Å². The molecule has 2 nitrogen and oxygen atoms in total. The standard InChI is InChI=1S/C20H36O2/c1-2-3-4-5-6-7-8-9-10-11-12-13-14-15-16-17-18-19-20(21)22/h17,19H,2-16H2,1H3,(H,21,22). The Morgan fingerprint density at radius 2 is 1.18 bits per heavy atom. The lowest BCUT2D eigenvalue weighted by atomic mass is 10.0. The van der Waals surface area contributed by atoms with Crippen molar-refractivity contribution in [2.45, 2.75) is 103 Å². The largest absolute Gasteiger partial charge is 0.478 e. The molecule has 0 aliphatic heterocycles. The maximum atomic E-state index is 10.2. The third kappa shape index (κ3) is 19.0. The minimum absolute atomic E-state index is 0.919. The van der Waals surface area contributed by atoms with Gasteiger partial charge in [-0.05, 0) is 18.9 Å². The van der Waals surface area contributed by atoms with Gasteiger partial charge in [0.25, 0.3) is 0 Å². The topological polar surface area (TPSA) is 37.3 Å². The number of aliphatic carboxylic acids is 1. The number of carboxylic acid groups (broad SMARTS) is 1. The molecule has 22 heavy (non-hydrogen) atoms. The van der Waals surface area contributed by atoms with Crippen LogP contribution in [0.2, 0.25) is 0 Å². The number of rotatable bonds is 16. The monoisotopic (exact) mass is 308 g/mol. The van der Waals surface area contributed by atoms with Gasteiger partial charge < -0.3 is 5.11 Å². The van der Waals surface area contributed by atoms with Gasteiger partial charge in [0.05, 0.1) is 6.08 Å². The molecule has 0 fully saturated rings. The summed E-state index contributed by atoms with van der Waals surface area (Å²) in [7, 11) is 0. The first kappa shape index (κ1) is 21.0. The van der Waals surface area contributed by atoms with Crippen molar-refractivity contribution in [1.29, 1.82) is 0 Å². The van der Waals surface area contributed by atoms with Gasteiger partial charge in [-0.1, -0.05) is 90.4 Å². The van der Waals surface area contributed by atoms with Crippen LogP contribution in [-0.4, -0.2) is 11.1 Å². The van der Waals surface area contributed by atoms with Gasteiger partial charge in [-0.2, -0.15) is 0 Å². The van der Waals surface area contributed by atoms with Crippen molar-refractivity contribution in [3.8, 4) is 0 Å². The number of hydrogen-bond donors (Lipinski definition) is 1. The maximum Gasteiger partial charge on any atom is 0.336 e. The Bertz CT molecular complexity index is 301. The van der Waals surface area contributed by atoms with E-state index in [1.807, 2.05) is 6.08 Å². The molecule has 0 aromatic heterocycles. The Morgan fingerprint density at radius 3 is 1.59 bits per heavy atom. The van der Waals surface area contributed by atoms with Crippen LogP contribution < -0.4 is 0 Å². The summed E-state index contributed by atoms with van der Waals surface area (Å²) in [6.07, 6.45) is 23.0. The van der Waals surface area contributed by atoms with Crippen molar-refractivity contribution in [1.82, 2.24) is 0 Å². The SMILES string of the molecule is CCCCCCCCCCCCCCCCC=C=CC(=O)O. The first-order valence-electron chi connectivity index (χ1n) is 9.41. The molecule has 1 N–H and O–H groups in total. The van der Waals surface area contributed by atoms with E-state index in [0.29, 0.717) is 0 Å². The summed E-state index contributed by atoms with van der Waals surface area (Å²) in [5.74, 6) is -0.919. The molecular weight excluding hydrogens is 272 g/mol. The Hall–Kier alpha value is -1.01. The second kappa shape index (κ2) is 18.0. The minimum Gasteiger partial charge on any atom is -0.478 e. The molecule has 0 saturated carbocycles. The fourth-order valence-corrected chi connectivity index (χ4v) is 2.65. The van der Waals surface area contributed by atoms with Crippen molar-refractivity contribution < 1.29 is 9.90 Å². The van der Waals surface area contributed by atoms with Gasteiger partial charge in [-0.25, -0.2) is 4.79 Å². The highest BCUT2D eigenvalue weighted by molar-refractivity contribution is 5.79. The van der Waals surface area contributed by atoms with E-state index in [4.69, 9.17) is 5.11 Å². The van der Waals surface area contributed by atoms with Crippen LogP contribution in [0.15, 0.2) is 17.9 Å². The quantitative estimate of drug-likeness (QED) is 0.197. The van der Waals surface area contributed by atoms with Crippen molar-refractivity contribution in [3.63, 3.8) is 0 Å². The van der Waals surface area contributed by atoms with Crippen molar-refractivity contribution >= 4 is 5.97 Å². The predicted molar refractivity (Wildman–Crippen MR) is 95.2 cm³/mol. The van der Waals surface area contributed by atoms with E-state index in [-0.39, 0.29) is 0 Å². The van der Waals surface area contributed by atoms with E-state index in [0.717, 1.165) is 18.9 Å². The second-order valence-corrected chi connectivity index (χ2v) is 6.24. The highest BCUT2D eigenvalue weighted by atomic mass is 16.4. The highest BCUT2D eigenvalue weighted by Crippen LogP contribution is 2.13. The van der Waals surface area contributed by atoms with Crippen molar-refractivity contribution in [3.05, 3.63) is 17.9 Å². The molecular formula is C20H36O2. The molecule has 0 bridgehead atoms. The Labute approximate surface area is 137 Å². The third-order valence-corrected chi connectivity index (χ3v) is 4.03. The Kier molecular flexibility index (Phi) is 17.2. The summed E-state index contributed by atoms with van der Waals surface area (Å²) in [5.41, 5.74) is 2.68. The third-order valence-electron chi connectivity index (χ3n) is 4.03. The van der Waals surface area contributed by atoms with E-state index >= 15 is 0 Å². The Morgan fingerprint density at radius 1 is 0.773 bits per heavy atom. The lowest BCUT2D eigenvalue weighted by molar-refractivity contribution is -0.131. The van der Waals surface area contributed by atoms with E-state index in [9.17, 15) is 4.79 Å². The molecule has 0 aliphatic rings. The molecule has 0 aliphatic carbocycles. The van der Waals surface area contributed by atoms with Gasteiger partial charge >= 0.3 is 5.97 Å². The maximum absolute atomic E-state index is 10.2. The summed E-state index contributed by atoms with van der Waals surface area (Å²) in [4.78, 5) is 10.2. The van der Waals surface area contributed by atoms with E-state index in [1.165, 1.54) is 83.5 Å². The summed E-state index contributed by atoms with van der Waals surface area (Å²) in [5, 5.41) is 8.40. The van der Waals surface area contributed by atoms with Crippen LogP contribution in [-0.2, 0) is 4.79 Å². The smallest absolute Gasteiger partial charge is 0.336 e. The molecule has 0 aromatic carbocycles. The summed E-state index contributed by atoms with van der Waals surface area (Å²) in [6.45, 7) is 2.27. The van der Waals surface area contributed by atoms with Crippen LogP contribution in [0.1, 0.15) is 103 Å². The molecule has 128 valence electrons. The molecule has 0 aromatic rings. The Balaban J connectivity index is 3.08. The van der Waals surface area contributed by atoms with Crippen LogP contribution in [0, 0.1) is 0 Å². The lowest BCUT2D eigenvalue weighted by Gasteiger charge is -2.02. The molecule has 0 spiro atoms. The summed E-state index contributed by atoms with van der Waals surface area (Å²) in [6, 6.07) is 0. The summed E-state index contributed by atoms with van der Waals surface area (Å²) < 4.78 is 0. The average molecular weight is 309 g/mol. The van der Waals surface area contributed by atoms with Crippen LogP contribution >= 0.6 is 0 Å². The van der Waals surface area contributed by atoms with E-state index in [1.54, 1.807) is 0 Å². The van der Waals surface area contributed by atoms with E-state index in [2.05, 4.69) is 12.7 Å². The lowest BCUT2D eigenvalue weighted by Crippen LogP contribution is -1.83. The van der Waals surface area contributed by atoms with Gasteiger partial charge in [0.2, 0.25) is 0 Å². The second-order valence-electron chi connectivity index (χ2n) is 6.24. The van der Waals surface area contributed by atoms with Gasteiger partial charge in [-0.15, -0.1) is 5.73 Å². The van der Waals surface area contributed by atoms with Gasteiger partial charge in [0, 0.05) is 0 Å². The number of unbranched alkanes of at least 4 members (excludes halogenated alkanes) is 14. The zero-order chi connectivity index (χ0) is 16.3. The molecule has 2 heteroatoms. The van der Waals surface area contributed by atoms with Gasteiger partial charge in [-0.3, -0.25) is 0 Å². The number of carbonyl (C=O) groups is 1. The van der Waals surface area contributed by atoms with Crippen molar-refractivity contribution in [2.75, 3.05) is 0 Å². The molecule has 0 heterocycles. The normalized spacial score (nSPS) is 10.2. The first-order chi connectivity index (χ1) is 10.8. The minimum atomic E-state index is -0.919. The fraction of sp³-hybridized carbons (Fsp3) is 0.800. The molecule has 0 radical (unpaired) electrons. The van der Waals surface area contributed by atoms with Crippen LogP contribution in [0.25, 0.3) is 0 Å². The zero-order valence-corrected chi connectivity index (χ0v) is 14.6. The van der Waals surface area contributed by atoms with Gasteiger partial charge in [0.15, 0.2) is 0 Å². The average Bonchev–Trinajstić information content (AvgIpc) is 2.50. The molecule has 0 atom stereocenters.